The minimum atomic E-state index is -0.0961. The molecular formula is C14H12BrN3O2S2. The van der Waals surface area contributed by atoms with E-state index in [1.54, 1.807) is 17.4 Å². The molecule has 0 aromatic carbocycles. The zero-order valence-corrected chi connectivity index (χ0v) is 14.6. The van der Waals surface area contributed by atoms with E-state index < -0.39 is 0 Å². The first-order valence-electron chi connectivity index (χ1n) is 6.57. The van der Waals surface area contributed by atoms with Crippen molar-refractivity contribution in [2.45, 2.75) is 19.5 Å². The lowest BCUT2D eigenvalue weighted by Crippen LogP contribution is -2.26. The molecule has 0 aliphatic heterocycles. The Kier molecular flexibility index (Phi) is 4.70. The van der Waals surface area contributed by atoms with Gasteiger partial charge in [0.15, 0.2) is 0 Å². The van der Waals surface area contributed by atoms with Crippen LogP contribution in [-0.4, -0.2) is 15.5 Å². The lowest BCUT2D eigenvalue weighted by molar-refractivity contribution is -0.121. The Hall–Kier alpha value is -1.51. The SMILES string of the molecule is O=C(CCn1cnc2sccc2c1=O)NCc1ccc(Br)s1. The molecule has 1 N–H and O–H groups in total. The van der Waals surface area contributed by atoms with Gasteiger partial charge in [0.25, 0.3) is 5.56 Å². The van der Waals surface area contributed by atoms with Crippen molar-refractivity contribution >= 4 is 54.7 Å². The Morgan fingerprint density at radius 2 is 2.23 bits per heavy atom. The number of amides is 1. The van der Waals surface area contributed by atoms with Crippen LogP contribution in [0.3, 0.4) is 0 Å². The summed E-state index contributed by atoms with van der Waals surface area (Å²) in [5.41, 5.74) is -0.0961. The van der Waals surface area contributed by atoms with Crippen LogP contribution in [0.1, 0.15) is 11.3 Å². The maximum atomic E-state index is 12.2. The topological polar surface area (TPSA) is 64.0 Å². The Bertz CT molecular complexity index is 868. The van der Waals surface area contributed by atoms with Crippen LogP contribution in [0, 0.1) is 0 Å². The van der Waals surface area contributed by atoms with Gasteiger partial charge in [-0.2, -0.15) is 0 Å². The quantitative estimate of drug-likeness (QED) is 0.719. The van der Waals surface area contributed by atoms with E-state index in [0.717, 1.165) is 13.5 Å². The fourth-order valence-corrected chi connectivity index (χ4v) is 4.14. The lowest BCUT2D eigenvalue weighted by Gasteiger charge is -2.06. The Balaban J connectivity index is 1.58. The van der Waals surface area contributed by atoms with Crippen molar-refractivity contribution in [3.63, 3.8) is 0 Å². The molecule has 3 rings (SSSR count). The molecule has 0 aliphatic carbocycles. The first-order chi connectivity index (χ1) is 10.6. The average Bonchev–Trinajstić information content (AvgIpc) is 3.13. The summed E-state index contributed by atoms with van der Waals surface area (Å²) >= 11 is 6.41. The molecule has 0 atom stereocenters. The smallest absolute Gasteiger partial charge is 0.262 e. The highest BCUT2D eigenvalue weighted by molar-refractivity contribution is 9.11. The van der Waals surface area contributed by atoms with Crippen molar-refractivity contribution in [1.82, 2.24) is 14.9 Å². The summed E-state index contributed by atoms with van der Waals surface area (Å²) in [5.74, 6) is -0.0816. The fourth-order valence-electron chi connectivity index (χ4n) is 2.00. The standard InChI is InChI=1S/C14H12BrN3O2S2/c15-11-2-1-9(22-11)7-16-12(19)3-5-18-8-17-13-10(14(18)20)4-6-21-13/h1-2,4,6,8H,3,5,7H2,(H,16,19). The lowest BCUT2D eigenvalue weighted by atomic mass is 10.3. The Morgan fingerprint density at radius 3 is 3.00 bits per heavy atom. The predicted octanol–water partition coefficient (Wildman–Crippen LogP) is 2.99. The van der Waals surface area contributed by atoms with E-state index in [0.29, 0.717) is 18.5 Å². The molecule has 8 heteroatoms. The normalized spacial score (nSPS) is 11.0. The van der Waals surface area contributed by atoms with Gasteiger partial charge < -0.3 is 5.32 Å². The van der Waals surface area contributed by atoms with Crippen LogP contribution in [-0.2, 0) is 17.9 Å². The number of hydrogen-bond donors (Lipinski definition) is 1. The summed E-state index contributed by atoms with van der Waals surface area (Å²) in [6, 6.07) is 5.68. The number of carbonyl (C=O) groups is 1. The van der Waals surface area contributed by atoms with Crippen LogP contribution in [0.15, 0.2) is 38.5 Å². The molecule has 5 nitrogen and oxygen atoms in total. The molecule has 0 aliphatic rings. The first-order valence-corrected chi connectivity index (χ1v) is 9.06. The Labute approximate surface area is 142 Å². The second kappa shape index (κ2) is 6.72. The molecule has 0 bridgehead atoms. The molecule has 0 saturated heterocycles. The molecule has 0 fully saturated rings. The van der Waals surface area contributed by atoms with E-state index in [2.05, 4.69) is 26.2 Å². The van der Waals surface area contributed by atoms with Crippen LogP contribution >= 0.6 is 38.6 Å². The summed E-state index contributed by atoms with van der Waals surface area (Å²) in [6.45, 7) is 0.837. The minimum Gasteiger partial charge on any atom is -0.351 e. The van der Waals surface area contributed by atoms with Gasteiger partial charge in [0, 0.05) is 17.8 Å². The highest BCUT2D eigenvalue weighted by atomic mass is 79.9. The third-order valence-electron chi connectivity index (χ3n) is 3.12. The number of aromatic nitrogens is 2. The van der Waals surface area contributed by atoms with Crippen molar-refractivity contribution < 1.29 is 4.79 Å². The number of aryl methyl sites for hydroxylation is 1. The van der Waals surface area contributed by atoms with Gasteiger partial charge in [-0.25, -0.2) is 4.98 Å². The monoisotopic (exact) mass is 397 g/mol. The predicted molar refractivity (Wildman–Crippen MR) is 92.4 cm³/mol. The third-order valence-corrected chi connectivity index (χ3v) is 5.56. The number of halogens is 1. The van der Waals surface area contributed by atoms with Gasteiger partial charge in [-0.3, -0.25) is 14.2 Å². The maximum Gasteiger partial charge on any atom is 0.262 e. The first kappa shape index (κ1) is 15.4. The number of nitrogens with zero attached hydrogens (tertiary/aromatic N) is 2. The summed E-state index contributed by atoms with van der Waals surface area (Å²) in [6.07, 6.45) is 1.76. The van der Waals surface area contributed by atoms with Crippen molar-refractivity contribution in [3.8, 4) is 0 Å². The number of fused-ring (bicyclic) bond motifs is 1. The number of thiophene rings is 2. The van der Waals surface area contributed by atoms with Crippen LogP contribution in [0.2, 0.25) is 0 Å². The van der Waals surface area contributed by atoms with Gasteiger partial charge in [0.1, 0.15) is 4.83 Å². The highest BCUT2D eigenvalue weighted by Crippen LogP contribution is 2.21. The molecule has 22 heavy (non-hydrogen) atoms. The van der Waals surface area contributed by atoms with Gasteiger partial charge >= 0.3 is 0 Å². The molecule has 0 saturated carbocycles. The molecule has 0 unspecified atom stereocenters. The highest BCUT2D eigenvalue weighted by Gasteiger charge is 2.07. The van der Waals surface area contributed by atoms with Gasteiger partial charge in [-0.15, -0.1) is 22.7 Å². The van der Waals surface area contributed by atoms with Gasteiger partial charge in [0.05, 0.1) is 22.0 Å². The molecule has 3 heterocycles. The number of hydrogen-bond acceptors (Lipinski definition) is 5. The molecule has 1 amide bonds. The van der Waals surface area contributed by atoms with E-state index in [9.17, 15) is 9.59 Å². The molecule has 3 aromatic heterocycles. The third kappa shape index (κ3) is 3.45. The Morgan fingerprint density at radius 1 is 1.36 bits per heavy atom. The second-order valence-corrected chi connectivity index (χ2v) is 8.06. The van der Waals surface area contributed by atoms with Crippen molar-refractivity contribution in [2.75, 3.05) is 0 Å². The molecule has 3 aromatic rings. The molecular weight excluding hydrogens is 386 g/mol. The van der Waals surface area contributed by atoms with E-state index in [1.807, 2.05) is 17.5 Å². The van der Waals surface area contributed by atoms with Crippen LogP contribution in [0.5, 0.6) is 0 Å². The molecule has 0 radical (unpaired) electrons. The second-order valence-electron chi connectivity index (χ2n) is 4.62. The fraction of sp³-hybridized carbons (Fsp3) is 0.214. The van der Waals surface area contributed by atoms with Crippen LogP contribution in [0.25, 0.3) is 10.2 Å². The summed E-state index contributed by atoms with van der Waals surface area (Å²) < 4.78 is 2.52. The largest absolute Gasteiger partial charge is 0.351 e. The van der Waals surface area contributed by atoms with Gasteiger partial charge in [-0.1, -0.05) is 0 Å². The summed E-state index contributed by atoms with van der Waals surface area (Å²) in [5, 5.41) is 5.30. The van der Waals surface area contributed by atoms with E-state index in [-0.39, 0.29) is 17.9 Å². The number of rotatable bonds is 5. The molecule has 0 spiro atoms. The number of carbonyl (C=O) groups excluding carboxylic acids is 1. The minimum absolute atomic E-state index is 0.0816. The zero-order valence-electron chi connectivity index (χ0n) is 11.4. The zero-order chi connectivity index (χ0) is 15.5. The maximum absolute atomic E-state index is 12.2. The van der Waals surface area contributed by atoms with Crippen molar-refractivity contribution in [1.29, 1.82) is 0 Å². The average molecular weight is 398 g/mol. The van der Waals surface area contributed by atoms with E-state index >= 15 is 0 Å². The molecule has 114 valence electrons. The van der Waals surface area contributed by atoms with Crippen LogP contribution in [0.4, 0.5) is 0 Å². The van der Waals surface area contributed by atoms with E-state index in [4.69, 9.17) is 0 Å². The van der Waals surface area contributed by atoms with Crippen molar-refractivity contribution in [2.24, 2.45) is 0 Å². The van der Waals surface area contributed by atoms with Gasteiger partial charge in [0.2, 0.25) is 5.91 Å². The number of nitrogens with one attached hydrogen (secondary N) is 1. The van der Waals surface area contributed by atoms with Gasteiger partial charge in [-0.05, 0) is 39.5 Å². The van der Waals surface area contributed by atoms with Crippen molar-refractivity contribution in [3.05, 3.63) is 48.9 Å². The summed E-state index contributed by atoms with van der Waals surface area (Å²) in [4.78, 5) is 30.1. The van der Waals surface area contributed by atoms with E-state index in [1.165, 1.54) is 22.2 Å². The van der Waals surface area contributed by atoms with Crippen LogP contribution < -0.4 is 10.9 Å². The summed E-state index contributed by atoms with van der Waals surface area (Å²) in [7, 11) is 0.